The Hall–Kier alpha value is -2.52. The number of fused-ring (bicyclic) bond motifs is 1. The van der Waals surface area contributed by atoms with E-state index >= 15 is 0 Å². The first-order valence-corrected chi connectivity index (χ1v) is 8.60. The van der Waals surface area contributed by atoms with Gasteiger partial charge in [0.05, 0.1) is 7.11 Å². The monoisotopic (exact) mass is 351 g/mol. The van der Waals surface area contributed by atoms with Gasteiger partial charge in [0.1, 0.15) is 17.2 Å². The number of allylic oxidation sites excluding steroid dienone is 1. The van der Waals surface area contributed by atoms with E-state index in [9.17, 15) is 0 Å². The van der Waals surface area contributed by atoms with Gasteiger partial charge < -0.3 is 9.15 Å². The number of halogens is 1. The van der Waals surface area contributed by atoms with E-state index in [1.54, 1.807) is 7.11 Å². The smallest absolute Gasteiger partial charge is 0.191 e. The van der Waals surface area contributed by atoms with E-state index in [-0.39, 0.29) is 5.92 Å². The van der Waals surface area contributed by atoms with E-state index in [4.69, 9.17) is 20.8 Å². The molecule has 1 atom stereocenters. The fourth-order valence-electron chi connectivity index (χ4n) is 3.28. The third-order valence-electron chi connectivity index (χ3n) is 4.53. The number of aromatic nitrogens is 1. The van der Waals surface area contributed by atoms with Gasteiger partial charge in [0.25, 0.3) is 0 Å². The van der Waals surface area contributed by atoms with E-state index in [0.29, 0.717) is 5.89 Å². The fourth-order valence-corrected chi connectivity index (χ4v) is 3.41. The van der Waals surface area contributed by atoms with Gasteiger partial charge in [-0.25, -0.2) is 4.98 Å². The van der Waals surface area contributed by atoms with Gasteiger partial charge in [0, 0.05) is 29.9 Å². The van der Waals surface area contributed by atoms with Crippen LogP contribution in [0, 0.1) is 6.92 Å². The molecule has 0 aliphatic heterocycles. The maximum atomic E-state index is 6.03. The Morgan fingerprint density at radius 2 is 1.80 bits per heavy atom. The summed E-state index contributed by atoms with van der Waals surface area (Å²) in [5, 5.41) is 0.745. The van der Waals surface area contributed by atoms with Crippen molar-refractivity contribution in [3.63, 3.8) is 0 Å². The molecule has 1 aromatic heterocycles. The Morgan fingerprint density at radius 1 is 1.08 bits per heavy atom. The molecular formula is C21H18ClNO2. The summed E-state index contributed by atoms with van der Waals surface area (Å²) in [4.78, 5) is 4.61. The van der Waals surface area contributed by atoms with E-state index in [0.717, 1.165) is 39.8 Å². The number of hydrogen-bond acceptors (Lipinski definition) is 3. The Kier molecular flexibility index (Phi) is 4.10. The largest absolute Gasteiger partial charge is 0.497 e. The topological polar surface area (TPSA) is 35.3 Å². The van der Waals surface area contributed by atoms with Gasteiger partial charge >= 0.3 is 0 Å². The Morgan fingerprint density at radius 3 is 2.48 bits per heavy atom. The first-order valence-electron chi connectivity index (χ1n) is 8.22. The van der Waals surface area contributed by atoms with Crippen molar-refractivity contribution >= 4 is 17.2 Å². The standard InChI is InChI=1S/C21H18ClNO2/c1-13-23-21-19(15-5-9-18(24-2)10-6-15)11-16(12-20(21)25-13)14-3-7-17(22)8-4-14/h3-11,16H,12H2,1-2H3. The summed E-state index contributed by atoms with van der Waals surface area (Å²) in [7, 11) is 1.67. The number of oxazole rings is 1. The minimum absolute atomic E-state index is 0.231. The molecule has 2 aromatic carbocycles. The van der Waals surface area contributed by atoms with Crippen molar-refractivity contribution in [3.8, 4) is 5.75 Å². The average molecular weight is 352 g/mol. The lowest BCUT2D eigenvalue weighted by Gasteiger charge is -2.20. The number of methoxy groups -OCH3 is 1. The van der Waals surface area contributed by atoms with Gasteiger partial charge in [-0.05, 0) is 35.4 Å². The van der Waals surface area contributed by atoms with Crippen molar-refractivity contribution in [3.05, 3.63) is 88.1 Å². The maximum absolute atomic E-state index is 6.03. The van der Waals surface area contributed by atoms with E-state index < -0.39 is 0 Å². The second-order valence-corrected chi connectivity index (χ2v) is 6.61. The molecule has 4 rings (SSSR count). The van der Waals surface area contributed by atoms with Crippen LogP contribution in [-0.4, -0.2) is 12.1 Å². The zero-order chi connectivity index (χ0) is 17.4. The predicted octanol–water partition coefficient (Wildman–Crippen LogP) is 5.42. The molecule has 0 spiro atoms. The van der Waals surface area contributed by atoms with Crippen LogP contribution in [0.3, 0.4) is 0 Å². The van der Waals surface area contributed by atoms with Crippen LogP contribution in [0.4, 0.5) is 0 Å². The van der Waals surface area contributed by atoms with Crippen LogP contribution in [0.1, 0.15) is 34.4 Å². The van der Waals surface area contributed by atoms with Gasteiger partial charge in [0.2, 0.25) is 0 Å². The zero-order valence-electron chi connectivity index (χ0n) is 14.1. The molecule has 1 unspecified atom stereocenters. The summed E-state index contributed by atoms with van der Waals surface area (Å²) in [5.41, 5.74) is 4.36. The summed E-state index contributed by atoms with van der Waals surface area (Å²) in [6, 6.07) is 16.1. The van der Waals surface area contributed by atoms with Crippen LogP contribution < -0.4 is 4.74 Å². The second kappa shape index (κ2) is 6.41. The van der Waals surface area contributed by atoms with Gasteiger partial charge in [-0.15, -0.1) is 0 Å². The number of benzene rings is 2. The second-order valence-electron chi connectivity index (χ2n) is 6.18. The summed E-state index contributed by atoms with van der Waals surface area (Å²) in [5.74, 6) is 2.70. The number of rotatable bonds is 3. The molecule has 1 aliphatic rings. The minimum atomic E-state index is 0.231. The maximum Gasteiger partial charge on any atom is 0.191 e. The number of nitrogens with zero attached hydrogens (tertiary/aromatic N) is 1. The highest BCUT2D eigenvalue weighted by molar-refractivity contribution is 6.30. The van der Waals surface area contributed by atoms with Gasteiger partial charge in [-0.2, -0.15) is 0 Å². The summed E-state index contributed by atoms with van der Waals surface area (Å²) >= 11 is 6.03. The molecule has 3 nitrogen and oxygen atoms in total. The van der Waals surface area contributed by atoms with Crippen LogP contribution in [0.25, 0.3) is 5.57 Å². The van der Waals surface area contributed by atoms with Crippen molar-refractivity contribution in [1.82, 2.24) is 4.98 Å². The number of aryl methyl sites for hydroxylation is 1. The molecule has 1 heterocycles. The third kappa shape index (κ3) is 3.08. The Labute approximate surface area is 151 Å². The first kappa shape index (κ1) is 16.0. The lowest BCUT2D eigenvalue weighted by atomic mass is 9.84. The molecular weight excluding hydrogens is 334 g/mol. The SMILES string of the molecule is COc1ccc(C2=CC(c3ccc(Cl)cc3)Cc3oc(C)nc32)cc1. The van der Waals surface area contributed by atoms with E-state index in [2.05, 4.69) is 35.3 Å². The van der Waals surface area contributed by atoms with Crippen molar-refractivity contribution in [2.75, 3.05) is 7.11 Å². The highest BCUT2D eigenvalue weighted by Gasteiger charge is 2.26. The lowest BCUT2D eigenvalue weighted by Crippen LogP contribution is -2.09. The van der Waals surface area contributed by atoms with Crippen LogP contribution in [0.5, 0.6) is 5.75 Å². The molecule has 0 saturated heterocycles. The van der Waals surface area contributed by atoms with Gasteiger partial charge in [0.15, 0.2) is 5.89 Å². The Bertz CT molecular complexity index is 924. The van der Waals surface area contributed by atoms with E-state index in [1.807, 2.05) is 31.2 Å². The van der Waals surface area contributed by atoms with Crippen molar-refractivity contribution < 1.29 is 9.15 Å². The zero-order valence-corrected chi connectivity index (χ0v) is 14.9. The molecule has 3 aromatic rings. The molecule has 25 heavy (non-hydrogen) atoms. The molecule has 0 bridgehead atoms. The normalized spacial score (nSPS) is 16.3. The summed E-state index contributed by atoms with van der Waals surface area (Å²) in [6.07, 6.45) is 3.08. The van der Waals surface area contributed by atoms with E-state index in [1.165, 1.54) is 5.56 Å². The summed E-state index contributed by atoms with van der Waals surface area (Å²) in [6.45, 7) is 1.89. The predicted molar refractivity (Wildman–Crippen MR) is 99.2 cm³/mol. The fraction of sp³-hybridized carbons (Fsp3) is 0.190. The highest BCUT2D eigenvalue weighted by Crippen LogP contribution is 2.38. The molecule has 0 N–H and O–H groups in total. The van der Waals surface area contributed by atoms with Gasteiger partial charge in [-0.3, -0.25) is 0 Å². The quantitative estimate of drug-likeness (QED) is 0.632. The molecule has 0 radical (unpaired) electrons. The molecule has 4 heteroatoms. The summed E-state index contributed by atoms with van der Waals surface area (Å²) < 4.78 is 11.1. The van der Waals surface area contributed by atoms with Crippen molar-refractivity contribution in [2.24, 2.45) is 0 Å². The van der Waals surface area contributed by atoms with Crippen LogP contribution in [0.2, 0.25) is 5.02 Å². The van der Waals surface area contributed by atoms with Crippen LogP contribution in [0.15, 0.2) is 59.0 Å². The average Bonchev–Trinajstić information content (AvgIpc) is 3.01. The molecule has 1 aliphatic carbocycles. The van der Waals surface area contributed by atoms with Crippen LogP contribution >= 0.6 is 11.6 Å². The molecule has 0 saturated carbocycles. The van der Waals surface area contributed by atoms with Gasteiger partial charge in [-0.1, -0.05) is 41.9 Å². The highest BCUT2D eigenvalue weighted by atomic mass is 35.5. The van der Waals surface area contributed by atoms with Crippen LogP contribution in [-0.2, 0) is 6.42 Å². The third-order valence-corrected chi connectivity index (χ3v) is 4.78. The Balaban J connectivity index is 1.80. The molecule has 126 valence electrons. The van der Waals surface area contributed by atoms with Crippen molar-refractivity contribution in [2.45, 2.75) is 19.3 Å². The van der Waals surface area contributed by atoms with Crippen molar-refractivity contribution in [1.29, 1.82) is 0 Å². The molecule has 0 fully saturated rings. The number of ether oxygens (including phenoxy) is 1. The first-order chi connectivity index (χ1) is 12.1. The number of hydrogen-bond donors (Lipinski definition) is 0. The minimum Gasteiger partial charge on any atom is -0.497 e. The molecule has 0 amide bonds. The lowest BCUT2D eigenvalue weighted by molar-refractivity contribution is 0.415.